The Hall–Kier alpha value is -0.930. The number of hydrogen-bond acceptors (Lipinski definition) is 3. The molecule has 0 unspecified atom stereocenters. The van der Waals surface area contributed by atoms with Gasteiger partial charge in [0, 0.05) is 18.6 Å². The third-order valence-corrected chi connectivity index (χ3v) is 5.81. The summed E-state index contributed by atoms with van der Waals surface area (Å²) >= 11 is 11.8. The maximum absolute atomic E-state index is 11.9. The molecule has 1 aromatic carbocycles. The van der Waals surface area contributed by atoms with Crippen LogP contribution in [0.3, 0.4) is 0 Å². The zero-order valence-corrected chi connectivity index (χ0v) is 19.5. The van der Waals surface area contributed by atoms with Crippen molar-refractivity contribution in [3.8, 4) is 11.5 Å². The van der Waals surface area contributed by atoms with Gasteiger partial charge >= 0.3 is 5.97 Å². The zero-order valence-electron chi connectivity index (χ0n) is 18.0. The Morgan fingerprint density at radius 2 is 1.21 bits per heavy atom. The average molecular weight is 445 g/mol. The lowest BCUT2D eigenvalue weighted by molar-refractivity contribution is -0.134. The van der Waals surface area contributed by atoms with Crippen molar-refractivity contribution < 1.29 is 14.6 Å². The standard InChI is InChI=1S/C24H38Cl2O3/c1-2-3-4-5-6-7-8-9-10-11-12-13-14-15-16-17-24(28)29-23-19-20(25)22(27)18-21(23)26/h18-19,27H,2-17H2,1H3. The second-order valence-corrected chi connectivity index (χ2v) is 8.72. The summed E-state index contributed by atoms with van der Waals surface area (Å²) in [6.07, 6.45) is 19.7. The van der Waals surface area contributed by atoms with Gasteiger partial charge in [-0.1, -0.05) is 120 Å². The first kappa shape index (κ1) is 26.1. The summed E-state index contributed by atoms with van der Waals surface area (Å²) in [5.74, 6) is -0.248. The molecule has 1 rings (SSSR count). The number of phenols is 1. The summed E-state index contributed by atoms with van der Waals surface area (Å²) in [5, 5.41) is 9.75. The number of carbonyl (C=O) groups is 1. The number of rotatable bonds is 17. The van der Waals surface area contributed by atoms with Gasteiger partial charge in [0.2, 0.25) is 0 Å². The van der Waals surface area contributed by atoms with Crippen molar-refractivity contribution in [2.24, 2.45) is 0 Å². The fourth-order valence-electron chi connectivity index (χ4n) is 3.41. The van der Waals surface area contributed by atoms with Gasteiger partial charge in [-0.15, -0.1) is 0 Å². The van der Waals surface area contributed by atoms with Crippen LogP contribution in [0.2, 0.25) is 10.0 Å². The van der Waals surface area contributed by atoms with Crippen molar-refractivity contribution in [1.29, 1.82) is 0 Å². The Bertz CT molecular complexity index is 575. The predicted octanol–water partition coefficient (Wildman–Crippen LogP) is 8.87. The minimum atomic E-state index is -0.316. The summed E-state index contributed by atoms with van der Waals surface area (Å²) in [6.45, 7) is 2.26. The van der Waals surface area contributed by atoms with Gasteiger partial charge in [0.15, 0.2) is 5.75 Å². The third-order valence-electron chi connectivity index (χ3n) is 5.21. The first-order valence-electron chi connectivity index (χ1n) is 11.4. The number of phenolic OH excluding ortho intramolecular Hbond substituents is 1. The van der Waals surface area contributed by atoms with Gasteiger partial charge < -0.3 is 9.84 Å². The number of esters is 1. The lowest BCUT2D eigenvalue weighted by Crippen LogP contribution is -2.07. The third kappa shape index (κ3) is 13.1. The highest BCUT2D eigenvalue weighted by molar-refractivity contribution is 6.35. The molecule has 0 aliphatic carbocycles. The van der Waals surface area contributed by atoms with Crippen molar-refractivity contribution in [3.05, 3.63) is 22.2 Å². The summed E-state index contributed by atoms with van der Waals surface area (Å²) in [5.41, 5.74) is 0. The summed E-state index contributed by atoms with van der Waals surface area (Å²) in [7, 11) is 0. The van der Waals surface area contributed by atoms with Gasteiger partial charge in [-0.05, 0) is 6.42 Å². The van der Waals surface area contributed by atoms with E-state index in [1.54, 1.807) is 0 Å². The monoisotopic (exact) mass is 444 g/mol. The topological polar surface area (TPSA) is 46.5 Å². The molecule has 0 saturated heterocycles. The molecule has 0 spiro atoms. The number of carbonyl (C=O) groups excluding carboxylic acids is 1. The van der Waals surface area contributed by atoms with E-state index in [4.69, 9.17) is 27.9 Å². The van der Waals surface area contributed by atoms with E-state index in [1.807, 2.05) is 0 Å². The van der Waals surface area contributed by atoms with E-state index in [0.717, 1.165) is 19.3 Å². The van der Waals surface area contributed by atoms with E-state index in [0.29, 0.717) is 6.42 Å². The molecule has 0 bridgehead atoms. The quantitative estimate of drug-likeness (QED) is 0.148. The van der Waals surface area contributed by atoms with Crippen LogP contribution in [0.15, 0.2) is 12.1 Å². The van der Waals surface area contributed by atoms with Crippen LogP contribution in [-0.4, -0.2) is 11.1 Å². The van der Waals surface area contributed by atoms with Gasteiger partial charge in [-0.2, -0.15) is 0 Å². The highest BCUT2D eigenvalue weighted by Crippen LogP contribution is 2.35. The SMILES string of the molecule is CCCCCCCCCCCCCCCCCC(=O)Oc1cc(Cl)c(O)cc1Cl. The Morgan fingerprint density at radius 1 is 0.759 bits per heavy atom. The van der Waals surface area contributed by atoms with Gasteiger partial charge in [0.25, 0.3) is 0 Å². The van der Waals surface area contributed by atoms with Gasteiger partial charge in [0.1, 0.15) is 5.75 Å². The molecule has 0 aromatic heterocycles. The van der Waals surface area contributed by atoms with Crippen LogP contribution in [0.25, 0.3) is 0 Å². The molecule has 1 aromatic rings. The first-order valence-corrected chi connectivity index (χ1v) is 12.2. The summed E-state index contributed by atoms with van der Waals surface area (Å²) < 4.78 is 5.23. The second kappa shape index (κ2) is 16.8. The molecule has 0 amide bonds. The normalized spacial score (nSPS) is 11.0. The molecule has 0 saturated carbocycles. The van der Waals surface area contributed by atoms with Crippen molar-refractivity contribution in [2.45, 2.75) is 110 Å². The molecule has 0 radical (unpaired) electrons. The molecule has 3 nitrogen and oxygen atoms in total. The first-order chi connectivity index (χ1) is 14.0. The van der Waals surface area contributed by atoms with Crippen LogP contribution in [-0.2, 0) is 4.79 Å². The van der Waals surface area contributed by atoms with Crippen LogP contribution in [0.1, 0.15) is 110 Å². The Labute approximate surface area is 187 Å². The summed E-state index contributed by atoms with van der Waals surface area (Å²) in [6, 6.07) is 2.64. The molecule has 0 heterocycles. The van der Waals surface area contributed by atoms with Crippen LogP contribution in [0.5, 0.6) is 11.5 Å². The van der Waals surface area contributed by atoms with Crippen LogP contribution < -0.4 is 4.74 Å². The van der Waals surface area contributed by atoms with E-state index in [9.17, 15) is 9.90 Å². The van der Waals surface area contributed by atoms with E-state index in [-0.39, 0.29) is 27.5 Å². The second-order valence-electron chi connectivity index (χ2n) is 7.91. The van der Waals surface area contributed by atoms with Crippen LogP contribution in [0, 0.1) is 0 Å². The zero-order chi connectivity index (χ0) is 21.3. The Morgan fingerprint density at radius 3 is 1.69 bits per heavy atom. The average Bonchev–Trinajstić information content (AvgIpc) is 2.69. The fourth-order valence-corrected chi connectivity index (χ4v) is 3.76. The number of benzene rings is 1. The maximum atomic E-state index is 11.9. The van der Waals surface area contributed by atoms with E-state index < -0.39 is 0 Å². The minimum Gasteiger partial charge on any atom is -0.506 e. The van der Waals surface area contributed by atoms with Crippen LogP contribution >= 0.6 is 23.2 Å². The highest BCUT2D eigenvalue weighted by atomic mass is 35.5. The molecule has 0 aliphatic heterocycles. The lowest BCUT2D eigenvalue weighted by Gasteiger charge is -2.08. The molecular weight excluding hydrogens is 407 g/mol. The minimum absolute atomic E-state index is 0.115. The number of hydrogen-bond donors (Lipinski definition) is 1. The van der Waals surface area contributed by atoms with Gasteiger partial charge in [0.05, 0.1) is 10.0 Å². The fraction of sp³-hybridized carbons (Fsp3) is 0.708. The molecule has 0 atom stereocenters. The summed E-state index contributed by atoms with van der Waals surface area (Å²) in [4.78, 5) is 11.9. The van der Waals surface area contributed by atoms with Gasteiger partial charge in [-0.3, -0.25) is 4.79 Å². The van der Waals surface area contributed by atoms with Gasteiger partial charge in [-0.25, -0.2) is 0 Å². The predicted molar refractivity (Wildman–Crippen MR) is 123 cm³/mol. The maximum Gasteiger partial charge on any atom is 0.311 e. The Balaban J connectivity index is 1.92. The van der Waals surface area contributed by atoms with Crippen molar-refractivity contribution in [2.75, 3.05) is 0 Å². The number of ether oxygens (including phenoxy) is 1. The van der Waals surface area contributed by atoms with Crippen molar-refractivity contribution in [1.82, 2.24) is 0 Å². The lowest BCUT2D eigenvalue weighted by atomic mass is 10.0. The molecule has 5 heteroatoms. The van der Waals surface area contributed by atoms with Crippen molar-refractivity contribution >= 4 is 29.2 Å². The molecule has 0 aliphatic rings. The number of aromatic hydroxyl groups is 1. The van der Waals surface area contributed by atoms with Crippen molar-refractivity contribution in [3.63, 3.8) is 0 Å². The van der Waals surface area contributed by atoms with E-state index in [2.05, 4.69) is 6.92 Å². The molecule has 166 valence electrons. The number of halogens is 2. The molecule has 1 N–H and O–H groups in total. The molecule has 29 heavy (non-hydrogen) atoms. The molecular formula is C24H38Cl2O3. The number of unbranched alkanes of at least 4 members (excludes halogenated alkanes) is 14. The van der Waals surface area contributed by atoms with E-state index in [1.165, 1.54) is 89.2 Å². The Kier molecular flexibility index (Phi) is 15.1. The van der Waals surface area contributed by atoms with Crippen LogP contribution in [0.4, 0.5) is 0 Å². The van der Waals surface area contributed by atoms with E-state index >= 15 is 0 Å². The smallest absolute Gasteiger partial charge is 0.311 e. The molecule has 0 fully saturated rings. The largest absolute Gasteiger partial charge is 0.506 e. The highest BCUT2D eigenvalue weighted by Gasteiger charge is 2.11.